The molecule has 0 radical (unpaired) electrons. The zero-order valence-electron chi connectivity index (χ0n) is 11.7. The molecule has 23 heavy (non-hydrogen) atoms. The average molecular weight is 306 g/mol. The van der Waals surface area contributed by atoms with E-state index in [9.17, 15) is 24.9 Å². The van der Waals surface area contributed by atoms with Crippen molar-refractivity contribution in [2.45, 2.75) is 0 Å². The summed E-state index contributed by atoms with van der Waals surface area (Å²) in [5, 5.41) is 29.8. The smallest absolute Gasteiger partial charge is 0.200 e. The van der Waals surface area contributed by atoms with Gasteiger partial charge in [-0.3, -0.25) is 9.59 Å². The van der Waals surface area contributed by atoms with E-state index >= 15 is 0 Å². The second kappa shape index (κ2) is 4.33. The van der Waals surface area contributed by atoms with Crippen LogP contribution < -0.4 is 0 Å². The highest BCUT2D eigenvalue weighted by Gasteiger charge is 2.30. The van der Waals surface area contributed by atoms with Crippen molar-refractivity contribution in [2.24, 2.45) is 0 Å². The van der Waals surface area contributed by atoms with Crippen molar-refractivity contribution in [1.29, 1.82) is 0 Å². The van der Waals surface area contributed by atoms with Crippen LogP contribution in [0.4, 0.5) is 0 Å². The molecule has 0 bridgehead atoms. The molecule has 0 spiro atoms. The maximum Gasteiger partial charge on any atom is 0.200 e. The molecule has 0 aromatic heterocycles. The SMILES string of the molecule is O=C1c2ccccc2C(=O)c2cc3c(O)c(O)c(O)cc3cc21. The summed E-state index contributed by atoms with van der Waals surface area (Å²) in [7, 11) is 0. The van der Waals surface area contributed by atoms with Crippen LogP contribution in [0.5, 0.6) is 17.2 Å². The van der Waals surface area contributed by atoms with Gasteiger partial charge < -0.3 is 15.3 Å². The lowest BCUT2D eigenvalue weighted by atomic mass is 9.82. The quantitative estimate of drug-likeness (QED) is 0.434. The van der Waals surface area contributed by atoms with E-state index in [2.05, 4.69) is 0 Å². The van der Waals surface area contributed by atoms with Crippen LogP contribution in [-0.2, 0) is 0 Å². The van der Waals surface area contributed by atoms with Gasteiger partial charge in [-0.25, -0.2) is 0 Å². The predicted molar refractivity (Wildman–Crippen MR) is 82.2 cm³/mol. The van der Waals surface area contributed by atoms with Crippen LogP contribution in [0.25, 0.3) is 10.8 Å². The van der Waals surface area contributed by atoms with Gasteiger partial charge in [0.1, 0.15) is 0 Å². The molecule has 0 aliphatic heterocycles. The van der Waals surface area contributed by atoms with Gasteiger partial charge in [-0.15, -0.1) is 0 Å². The summed E-state index contributed by atoms with van der Waals surface area (Å²) in [6.45, 7) is 0. The second-order valence-corrected chi connectivity index (χ2v) is 5.42. The fraction of sp³-hybridized carbons (Fsp3) is 0. The van der Waals surface area contributed by atoms with E-state index in [1.165, 1.54) is 18.2 Å². The Labute approximate surface area is 130 Å². The maximum atomic E-state index is 12.6. The average Bonchev–Trinajstić information content (AvgIpc) is 2.57. The molecular weight excluding hydrogens is 296 g/mol. The zero-order valence-corrected chi connectivity index (χ0v) is 11.7. The third kappa shape index (κ3) is 1.67. The number of hydrogen-bond acceptors (Lipinski definition) is 5. The molecule has 1 aliphatic carbocycles. The minimum absolute atomic E-state index is 0.168. The van der Waals surface area contributed by atoms with Crippen molar-refractivity contribution in [3.8, 4) is 17.2 Å². The lowest BCUT2D eigenvalue weighted by molar-refractivity contribution is 0.0979. The van der Waals surface area contributed by atoms with Gasteiger partial charge in [0.05, 0.1) is 0 Å². The summed E-state index contributed by atoms with van der Waals surface area (Å²) in [5.41, 5.74) is 1.02. The Morgan fingerprint density at radius 1 is 0.652 bits per heavy atom. The van der Waals surface area contributed by atoms with Gasteiger partial charge in [-0.2, -0.15) is 0 Å². The van der Waals surface area contributed by atoms with E-state index in [0.717, 1.165) is 0 Å². The standard InChI is InChI=1S/C18H10O5/c19-14-6-8-5-12-13(7-11(8)17(22)18(14)23)16(21)10-4-2-1-3-9(10)15(12)20/h1-7,19,22-23H. The van der Waals surface area contributed by atoms with Crippen LogP contribution in [-0.4, -0.2) is 26.9 Å². The summed E-state index contributed by atoms with van der Waals surface area (Å²) in [6, 6.07) is 10.6. The molecule has 1 aliphatic rings. The molecular formula is C18H10O5. The molecule has 112 valence electrons. The van der Waals surface area contributed by atoms with E-state index in [-0.39, 0.29) is 28.1 Å². The molecule has 0 saturated carbocycles. The van der Waals surface area contributed by atoms with Crippen molar-refractivity contribution in [1.82, 2.24) is 0 Å². The highest BCUT2D eigenvalue weighted by molar-refractivity contribution is 6.29. The van der Waals surface area contributed by atoms with Gasteiger partial charge in [0.15, 0.2) is 23.1 Å². The molecule has 3 N–H and O–H groups in total. The number of fused-ring (bicyclic) bond motifs is 3. The highest BCUT2D eigenvalue weighted by Crippen LogP contribution is 2.43. The summed E-state index contributed by atoms with van der Waals surface area (Å²) >= 11 is 0. The molecule has 0 atom stereocenters. The van der Waals surface area contributed by atoms with Crippen LogP contribution in [0.15, 0.2) is 42.5 Å². The Morgan fingerprint density at radius 2 is 1.22 bits per heavy atom. The summed E-state index contributed by atoms with van der Waals surface area (Å²) in [4.78, 5) is 25.2. The van der Waals surface area contributed by atoms with Gasteiger partial charge in [0.25, 0.3) is 0 Å². The lowest BCUT2D eigenvalue weighted by Gasteiger charge is -2.18. The molecule has 5 nitrogen and oxygen atoms in total. The number of carbonyl (C=O) groups excluding carboxylic acids is 2. The molecule has 0 heterocycles. The summed E-state index contributed by atoms with van der Waals surface area (Å²) in [6.07, 6.45) is 0. The van der Waals surface area contributed by atoms with E-state index in [4.69, 9.17) is 0 Å². The third-order valence-electron chi connectivity index (χ3n) is 4.11. The first-order valence-electron chi connectivity index (χ1n) is 6.89. The van der Waals surface area contributed by atoms with Gasteiger partial charge in [-0.05, 0) is 23.6 Å². The van der Waals surface area contributed by atoms with Crippen molar-refractivity contribution in [3.63, 3.8) is 0 Å². The number of ketones is 2. The number of phenols is 3. The number of carbonyl (C=O) groups is 2. The van der Waals surface area contributed by atoms with Gasteiger partial charge in [-0.1, -0.05) is 24.3 Å². The Balaban J connectivity index is 2.09. The Kier molecular flexibility index (Phi) is 2.51. The molecule has 0 fully saturated rings. The van der Waals surface area contributed by atoms with Gasteiger partial charge >= 0.3 is 0 Å². The number of aromatic hydroxyl groups is 3. The first-order valence-corrected chi connectivity index (χ1v) is 6.89. The van der Waals surface area contributed by atoms with Crippen LogP contribution in [0, 0.1) is 0 Å². The maximum absolute atomic E-state index is 12.6. The van der Waals surface area contributed by atoms with E-state index in [1.807, 2.05) is 0 Å². The van der Waals surface area contributed by atoms with Crippen LogP contribution in [0.1, 0.15) is 31.8 Å². The minimum Gasteiger partial charge on any atom is -0.504 e. The monoisotopic (exact) mass is 306 g/mol. The van der Waals surface area contributed by atoms with Gasteiger partial charge in [0.2, 0.25) is 5.75 Å². The first kappa shape index (κ1) is 13.3. The van der Waals surface area contributed by atoms with Crippen molar-refractivity contribution < 1.29 is 24.9 Å². The molecule has 0 saturated heterocycles. The molecule has 4 rings (SSSR count). The molecule has 0 unspecified atom stereocenters. The normalized spacial score (nSPS) is 13.0. The molecule has 3 aromatic carbocycles. The number of rotatable bonds is 0. The fourth-order valence-corrected chi connectivity index (χ4v) is 2.95. The molecule has 3 aromatic rings. The van der Waals surface area contributed by atoms with Crippen molar-refractivity contribution in [3.05, 3.63) is 64.7 Å². The minimum atomic E-state index is -0.660. The predicted octanol–water partition coefficient (Wildman–Crippen LogP) is 2.73. The Morgan fingerprint density at radius 3 is 1.83 bits per heavy atom. The topological polar surface area (TPSA) is 94.8 Å². The van der Waals surface area contributed by atoms with Crippen LogP contribution >= 0.6 is 0 Å². The Hall–Kier alpha value is -3.34. The van der Waals surface area contributed by atoms with Crippen LogP contribution in [0.2, 0.25) is 0 Å². The first-order chi connectivity index (χ1) is 11.0. The van der Waals surface area contributed by atoms with Crippen molar-refractivity contribution in [2.75, 3.05) is 0 Å². The lowest BCUT2D eigenvalue weighted by Crippen LogP contribution is -2.20. The highest BCUT2D eigenvalue weighted by atomic mass is 16.3. The largest absolute Gasteiger partial charge is 0.504 e. The zero-order chi connectivity index (χ0) is 16.3. The fourth-order valence-electron chi connectivity index (χ4n) is 2.95. The van der Waals surface area contributed by atoms with E-state index in [0.29, 0.717) is 16.5 Å². The second-order valence-electron chi connectivity index (χ2n) is 5.42. The third-order valence-corrected chi connectivity index (χ3v) is 4.11. The number of hydrogen-bond donors (Lipinski definition) is 3. The van der Waals surface area contributed by atoms with Crippen molar-refractivity contribution >= 4 is 22.3 Å². The number of phenolic OH excluding ortho intramolecular Hbond substituents is 3. The molecule has 0 amide bonds. The van der Waals surface area contributed by atoms with Crippen LogP contribution in [0.3, 0.4) is 0 Å². The Bertz CT molecular complexity index is 1030. The van der Waals surface area contributed by atoms with Gasteiger partial charge in [0, 0.05) is 27.6 Å². The number of benzene rings is 3. The molecule has 5 heteroatoms. The van der Waals surface area contributed by atoms with E-state index < -0.39 is 17.2 Å². The summed E-state index contributed by atoms with van der Waals surface area (Å²) in [5.74, 6) is -2.28. The van der Waals surface area contributed by atoms with E-state index in [1.54, 1.807) is 24.3 Å². The summed E-state index contributed by atoms with van der Waals surface area (Å²) < 4.78 is 0.